The van der Waals surface area contributed by atoms with Crippen LogP contribution in [0.2, 0.25) is 0 Å². The zero-order chi connectivity index (χ0) is 9.56. The highest BCUT2D eigenvalue weighted by atomic mass is 32.1. The number of amides is 2. The minimum atomic E-state index is -0.496. The van der Waals surface area contributed by atoms with E-state index in [1.807, 2.05) is 0 Å². The normalized spacial score (nSPS) is 11.5. The van der Waals surface area contributed by atoms with Crippen molar-refractivity contribution in [1.82, 2.24) is 16.2 Å². The van der Waals surface area contributed by atoms with Gasteiger partial charge in [0.2, 0.25) is 0 Å². The molecule has 0 aromatic rings. The third-order valence-corrected chi connectivity index (χ3v) is 1.05. The fraction of sp³-hybridized carbons (Fsp3) is 0.600. The van der Waals surface area contributed by atoms with Gasteiger partial charge in [-0.2, -0.15) is 0 Å². The van der Waals surface area contributed by atoms with Gasteiger partial charge in [-0.15, -0.1) is 0 Å². The molecule has 0 aliphatic rings. The predicted molar refractivity (Wildman–Crippen MR) is 48.1 cm³/mol. The molecule has 70 valence electrons. The monoisotopic (exact) mass is 192 g/mol. The Kier molecular flexibility index (Phi) is 5.06. The topological polar surface area (TPSA) is 99.4 Å². The Morgan fingerprint density at radius 1 is 1.67 bits per heavy atom. The van der Waals surface area contributed by atoms with E-state index in [9.17, 15) is 4.79 Å². The lowest BCUT2D eigenvalue weighted by atomic mass is 10.4. The molecule has 6 N–H and O–H groups in total. The smallest absolute Gasteiger partial charge is 0.333 e. The quantitative estimate of drug-likeness (QED) is 0.268. The molecule has 2 amide bonds. The summed E-state index contributed by atoms with van der Waals surface area (Å²) in [5.41, 5.74) is 9.44. The molecule has 0 spiro atoms. The van der Waals surface area contributed by atoms with Crippen molar-refractivity contribution in [3.63, 3.8) is 0 Å². The molecule has 0 heterocycles. The van der Waals surface area contributed by atoms with E-state index >= 15 is 0 Å². The van der Waals surface area contributed by atoms with Gasteiger partial charge in [-0.05, 0) is 19.1 Å². The summed E-state index contributed by atoms with van der Waals surface area (Å²) in [6.07, 6.45) is 0. The highest BCUT2D eigenvalue weighted by Gasteiger charge is 2.03. The molecule has 0 aromatic heterocycles. The van der Waals surface area contributed by atoms with Crippen molar-refractivity contribution < 1.29 is 9.90 Å². The third kappa shape index (κ3) is 5.69. The van der Waals surface area contributed by atoms with Crippen LogP contribution >= 0.6 is 12.2 Å². The fourth-order valence-corrected chi connectivity index (χ4v) is 0.475. The first-order valence-electron chi connectivity index (χ1n) is 3.29. The number of hydrazine groups is 1. The molecule has 0 aromatic carbocycles. The first kappa shape index (κ1) is 10.9. The Morgan fingerprint density at radius 2 is 2.25 bits per heavy atom. The standard InChI is InChI=1S/C5H12N4O2S/c1-3(2-10)7-5(11)9-8-4(6)12/h3,10H,2H2,1H3,(H3,6,8,12)(H2,7,9,11). The van der Waals surface area contributed by atoms with Crippen LogP contribution in [0.1, 0.15) is 6.92 Å². The van der Waals surface area contributed by atoms with Crippen molar-refractivity contribution in [2.24, 2.45) is 5.73 Å². The average Bonchev–Trinajstić information content (AvgIpc) is 2.00. The molecule has 1 unspecified atom stereocenters. The van der Waals surface area contributed by atoms with Gasteiger partial charge in [0.15, 0.2) is 5.11 Å². The number of nitrogens with two attached hydrogens (primary N) is 1. The van der Waals surface area contributed by atoms with E-state index in [0.29, 0.717) is 0 Å². The van der Waals surface area contributed by atoms with Crippen molar-refractivity contribution in [3.8, 4) is 0 Å². The lowest BCUT2D eigenvalue weighted by Gasteiger charge is -2.11. The summed E-state index contributed by atoms with van der Waals surface area (Å²) in [6.45, 7) is 1.53. The summed E-state index contributed by atoms with van der Waals surface area (Å²) in [6, 6.07) is -0.803. The van der Waals surface area contributed by atoms with Crippen LogP contribution in [0.15, 0.2) is 0 Å². The molecule has 0 radical (unpaired) electrons. The van der Waals surface area contributed by atoms with Gasteiger partial charge in [-0.3, -0.25) is 5.43 Å². The predicted octanol–water partition coefficient (Wildman–Crippen LogP) is -1.59. The van der Waals surface area contributed by atoms with Crippen LogP contribution < -0.4 is 21.9 Å². The Labute approximate surface area is 75.5 Å². The van der Waals surface area contributed by atoms with Crippen LogP contribution in [-0.2, 0) is 0 Å². The van der Waals surface area contributed by atoms with E-state index in [4.69, 9.17) is 10.8 Å². The number of rotatable bonds is 2. The van der Waals surface area contributed by atoms with Crippen molar-refractivity contribution in [1.29, 1.82) is 0 Å². The van der Waals surface area contributed by atoms with Gasteiger partial charge < -0.3 is 16.2 Å². The molecule has 0 saturated carbocycles. The largest absolute Gasteiger partial charge is 0.394 e. The zero-order valence-corrected chi connectivity index (χ0v) is 7.44. The van der Waals surface area contributed by atoms with E-state index in [1.165, 1.54) is 0 Å². The summed E-state index contributed by atoms with van der Waals surface area (Å²) >= 11 is 4.43. The number of nitrogens with one attached hydrogen (secondary N) is 3. The molecule has 1 atom stereocenters. The SMILES string of the molecule is CC(CO)NC(=O)NNC(N)=S. The minimum absolute atomic E-state index is 0.0261. The molecule has 6 nitrogen and oxygen atoms in total. The van der Waals surface area contributed by atoms with E-state index in [-0.39, 0.29) is 17.8 Å². The number of hydrogen-bond donors (Lipinski definition) is 5. The minimum Gasteiger partial charge on any atom is -0.394 e. The van der Waals surface area contributed by atoms with Crippen LogP contribution in [0, 0.1) is 0 Å². The first-order valence-corrected chi connectivity index (χ1v) is 3.70. The van der Waals surface area contributed by atoms with Crippen molar-refractivity contribution in [2.75, 3.05) is 6.61 Å². The van der Waals surface area contributed by atoms with Crippen molar-refractivity contribution >= 4 is 23.4 Å². The second-order valence-electron chi connectivity index (χ2n) is 2.17. The van der Waals surface area contributed by atoms with Gasteiger partial charge >= 0.3 is 6.03 Å². The molecule has 12 heavy (non-hydrogen) atoms. The van der Waals surface area contributed by atoms with Gasteiger partial charge in [0.05, 0.1) is 12.6 Å². The Bertz CT molecular complexity index is 175. The van der Waals surface area contributed by atoms with Crippen LogP contribution in [-0.4, -0.2) is 28.9 Å². The molecule has 0 bridgehead atoms. The molecule has 0 rings (SSSR count). The average molecular weight is 192 g/mol. The van der Waals surface area contributed by atoms with Gasteiger partial charge in [0.1, 0.15) is 0 Å². The maximum absolute atomic E-state index is 10.8. The number of carbonyl (C=O) groups is 1. The number of aliphatic hydroxyl groups is 1. The number of thiocarbonyl (C=S) groups is 1. The summed E-state index contributed by atoms with van der Waals surface area (Å²) in [7, 11) is 0. The van der Waals surface area contributed by atoms with Crippen LogP contribution in [0.25, 0.3) is 0 Å². The maximum atomic E-state index is 10.8. The van der Waals surface area contributed by atoms with Gasteiger partial charge in [0.25, 0.3) is 0 Å². The van der Waals surface area contributed by atoms with Crippen LogP contribution in [0.5, 0.6) is 0 Å². The van der Waals surface area contributed by atoms with Crippen molar-refractivity contribution in [2.45, 2.75) is 13.0 Å². The second-order valence-corrected chi connectivity index (χ2v) is 2.61. The van der Waals surface area contributed by atoms with E-state index in [0.717, 1.165) is 0 Å². The molecule has 0 saturated heterocycles. The lowest BCUT2D eigenvalue weighted by Crippen LogP contribution is -2.51. The number of urea groups is 1. The van der Waals surface area contributed by atoms with E-state index < -0.39 is 6.03 Å². The Hall–Kier alpha value is -1.08. The maximum Gasteiger partial charge on any atom is 0.333 e. The third-order valence-electron chi connectivity index (χ3n) is 0.951. The summed E-state index contributed by atoms with van der Waals surface area (Å²) in [5.74, 6) is 0. The lowest BCUT2D eigenvalue weighted by molar-refractivity contribution is 0.219. The fourth-order valence-electron chi connectivity index (χ4n) is 0.424. The zero-order valence-electron chi connectivity index (χ0n) is 6.63. The van der Waals surface area contributed by atoms with E-state index in [1.54, 1.807) is 6.92 Å². The second kappa shape index (κ2) is 5.56. The Balaban J connectivity index is 3.53. The molecular formula is C5H12N4O2S. The highest BCUT2D eigenvalue weighted by molar-refractivity contribution is 7.80. The Morgan fingerprint density at radius 3 is 2.67 bits per heavy atom. The highest BCUT2D eigenvalue weighted by Crippen LogP contribution is 1.76. The number of carbonyl (C=O) groups excluding carboxylic acids is 1. The summed E-state index contributed by atoms with van der Waals surface area (Å²) in [5, 5.41) is 10.9. The number of hydrogen-bond acceptors (Lipinski definition) is 3. The van der Waals surface area contributed by atoms with Gasteiger partial charge in [-0.1, -0.05) is 0 Å². The summed E-state index contributed by atoms with van der Waals surface area (Å²) in [4.78, 5) is 10.8. The van der Waals surface area contributed by atoms with Crippen LogP contribution in [0.4, 0.5) is 4.79 Å². The van der Waals surface area contributed by atoms with Crippen LogP contribution in [0.3, 0.4) is 0 Å². The van der Waals surface area contributed by atoms with Gasteiger partial charge in [0, 0.05) is 0 Å². The molecule has 7 heteroatoms. The van der Waals surface area contributed by atoms with Gasteiger partial charge in [-0.25, -0.2) is 10.2 Å². The molecular weight excluding hydrogens is 180 g/mol. The molecule has 0 aliphatic carbocycles. The molecule has 0 aliphatic heterocycles. The van der Waals surface area contributed by atoms with Crippen molar-refractivity contribution in [3.05, 3.63) is 0 Å². The first-order chi connectivity index (χ1) is 5.56. The number of aliphatic hydroxyl groups excluding tert-OH is 1. The molecule has 0 fully saturated rings. The summed E-state index contributed by atoms with van der Waals surface area (Å²) < 4.78 is 0. The van der Waals surface area contributed by atoms with E-state index in [2.05, 4.69) is 28.4 Å².